The molecule has 0 aliphatic carbocycles. The summed E-state index contributed by atoms with van der Waals surface area (Å²) in [5.41, 5.74) is 2.47. The second kappa shape index (κ2) is 9.64. The third-order valence-electron chi connectivity index (χ3n) is 5.19. The summed E-state index contributed by atoms with van der Waals surface area (Å²) < 4.78 is 5.39. The molecule has 0 bridgehead atoms. The van der Waals surface area contributed by atoms with Gasteiger partial charge in [-0.1, -0.05) is 57.0 Å². The van der Waals surface area contributed by atoms with Gasteiger partial charge in [-0.15, -0.1) is 0 Å². The van der Waals surface area contributed by atoms with Gasteiger partial charge in [0.2, 0.25) is 5.95 Å². The molecule has 3 rings (SSSR count). The van der Waals surface area contributed by atoms with Crippen LogP contribution >= 0.6 is 0 Å². The van der Waals surface area contributed by atoms with E-state index in [1.807, 2.05) is 12.4 Å². The molecule has 26 heavy (non-hydrogen) atoms. The zero-order chi connectivity index (χ0) is 18.2. The number of rotatable bonds is 8. The third kappa shape index (κ3) is 4.80. The SMILES string of the molecule is CCC(CC)[C@H](NCc1cnc(N2CCOCC2)nc1)c1ccccc1. The lowest BCUT2D eigenvalue weighted by molar-refractivity contribution is 0.122. The van der Waals surface area contributed by atoms with Gasteiger partial charge in [0.25, 0.3) is 0 Å². The van der Waals surface area contributed by atoms with E-state index in [1.165, 1.54) is 5.56 Å². The van der Waals surface area contributed by atoms with Crippen LogP contribution < -0.4 is 10.2 Å². The van der Waals surface area contributed by atoms with Crippen molar-refractivity contribution in [3.8, 4) is 0 Å². The van der Waals surface area contributed by atoms with Crippen molar-refractivity contribution in [2.75, 3.05) is 31.2 Å². The van der Waals surface area contributed by atoms with Crippen molar-refractivity contribution in [2.45, 2.75) is 39.3 Å². The Hall–Kier alpha value is -1.98. The average Bonchev–Trinajstić information content (AvgIpc) is 2.73. The zero-order valence-corrected chi connectivity index (χ0v) is 15.9. The molecule has 1 N–H and O–H groups in total. The standard InChI is InChI=1S/C21H30N4O/c1-3-18(4-2)20(19-8-6-5-7-9-19)22-14-17-15-23-21(24-16-17)25-10-12-26-13-11-25/h5-9,15-16,18,20,22H,3-4,10-14H2,1-2H3/t20-/m0/s1. The summed E-state index contributed by atoms with van der Waals surface area (Å²) in [5.74, 6) is 1.42. The predicted octanol–water partition coefficient (Wildman–Crippen LogP) is 3.58. The van der Waals surface area contributed by atoms with Gasteiger partial charge in [0, 0.05) is 43.6 Å². The average molecular weight is 354 g/mol. The van der Waals surface area contributed by atoms with Crippen LogP contribution in [0.4, 0.5) is 5.95 Å². The van der Waals surface area contributed by atoms with Gasteiger partial charge in [-0.3, -0.25) is 0 Å². The first-order valence-corrected chi connectivity index (χ1v) is 9.73. The van der Waals surface area contributed by atoms with Crippen LogP contribution in [0.15, 0.2) is 42.7 Å². The van der Waals surface area contributed by atoms with E-state index in [4.69, 9.17) is 4.74 Å². The first kappa shape index (κ1) is 18.8. The molecule has 1 aromatic carbocycles. The minimum atomic E-state index is 0.352. The Morgan fingerprint density at radius 3 is 2.31 bits per heavy atom. The van der Waals surface area contributed by atoms with Crippen molar-refractivity contribution in [2.24, 2.45) is 5.92 Å². The van der Waals surface area contributed by atoms with Crippen molar-refractivity contribution in [3.05, 3.63) is 53.9 Å². The van der Waals surface area contributed by atoms with Crippen LogP contribution in [0.3, 0.4) is 0 Å². The molecular weight excluding hydrogens is 324 g/mol. The number of anilines is 1. The van der Waals surface area contributed by atoms with Crippen molar-refractivity contribution < 1.29 is 4.74 Å². The molecule has 0 saturated carbocycles. The Kier molecular flexibility index (Phi) is 6.97. The second-order valence-corrected chi connectivity index (χ2v) is 6.84. The Labute approximate surface area is 156 Å². The highest BCUT2D eigenvalue weighted by Crippen LogP contribution is 2.27. The number of hydrogen-bond donors (Lipinski definition) is 1. The fraction of sp³-hybridized carbons (Fsp3) is 0.524. The number of aromatic nitrogens is 2. The minimum absolute atomic E-state index is 0.352. The summed E-state index contributed by atoms with van der Waals surface area (Å²) in [6.07, 6.45) is 6.21. The first-order valence-electron chi connectivity index (χ1n) is 9.73. The number of nitrogens with one attached hydrogen (secondary N) is 1. The van der Waals surface area contributed by atoms with Crippen molar-refractivity contribution in [1.82, 2.24) is 15.3 Å². The van der Waals surface area contributed by atoms with Gasteiger partial charge in [0.05, 0.1) is 13.2 Å². The van der Waals surface area contributed by atoms with Crippen LogP contribution in [0.2, 0.25) is 0 Å². The summed E-state index contributed by atoms with van der Waals surface area (Å²) in [7, 11) is 0. The smallest absolute Gasteiger partial charge is 0.225 e. The van der Waals surface area contributed by atoms with Gasteiger partial charge in [-0.2, -0.15) is 0 Å². The maximum atomic E-state index is 5.39. The molecule has 5 heteroatoms. The molecule has 2 aromatic rings. The molecule has 1 atom stereocenters. The Morgan fingerprint density at radius 1 is 1.04 bits per heavy atom. The van der Waals surface area contributed by atoms with Crippen LogP contribution in [0.1, 0.15) is 43.9 Å². The molecule has 1 fully saturated rings. The van der Waals surface area contributed by atoms with Crippen LogP contribution in [-0.2, 0) is 11.3 Å². The van der Waals surface area contributed by atoms with Crippen LogP contribution in [0.25, 0.3) is 0 Å². The van der Waals surface area contributed by atoms with Gasteiger partial charge >= 0.3 is 0 Å². The number of nitrogens with zero attached hydrogens (tertiary/aromatic N) is 3. The quantitative estimate of drug-likeness (QED) is 0.785. The van der Waals surface area contributed by atoms with E-state index in [9.17, 15) is 0 Å². The van der Waals surface area contributed by atoms with E-state index < -0.39 is 0 Å². The normalized spacial score (nSPS) is 16.0. The van der Waals surface area contributed by atoms with E-state index in [0.717, 1.165) is 57.2 Å². The summed E-state index contributed by atoms with van der Waals surface area (Å²) in [4.78, 5) is 11.3. The van der Waals surface area contributed by atoms with E-state index in [1.54, 1.807) is 0 Å². The lowest BCUT2D eigenvalue weighted by Gasteiger charge is -2.28. The second-order valence-electron chi connectivity index (χ2n) is 6.84. The molecule has 1 aromatic heterocycles. The summed E-state index contributed by atoms with van der Waals surface area (Å²) in [6, 6.07) is 11.1. The van der Waals surface area contributed by atoms with Crippen LogP contribution in [0, 0.1) is 5.92 Å². The van der Waals surface area contributed by atoms with Gasteiger partial charge < -0.3 is 15.0 Å². The van der Waals surface area contributed by atoms with Crippen molar-refractivity contribution in [1.29, 1.82) is 0 Å². The Balaban J connectivity index is 1.64. The third-order valence-corrected chi connectivity index (χ3v) is 5.19. The topological polar surface area (TPSA) is 50.3 Å². The van der Waals surface area contributed by atoms with Crippen molar-refractivity contribution in [3.63, 3.8) is 0 Å². The molecule has 0 spiro atoms. The lowest BCUT2D eigenvalue weighted by Crippen LogP contribution is -2.37. The van der Waals surface area contributed by atoms with Gasteiger partial charge in [-0.25, -0.2) is 9.97 Å². The molecule has 0 radical (unpaired) electrons. The Morgan fingerprint density at radius 2 is 1.69 bits per heavy atom. The minimum Gasteiger partial charge on any atom is -0.378 e. The van der Waals surface area contributed by atoms with Crippen LogP contribution in [0.5, 0.6) is 0 Å². The molecule has 1 aliphatic rings. The summed E-state index contributed by atoms with van der Waals surface area (Å²) >= 11 is 0. The molecule has 1 saturated heterocycles. The molecule has 5 nitrogen and oxygen atoms in total. The lowest BCUT2D eigenvalue weighted by atomic mass is 9.88. The summed E-state index contributed by atoms with van der Waals surface area (Å²) in [5, 5.41) is 3.74. The maximum absolute atomic E-state index is 5.39. The monoisotopic (exact) mass is 354 g/mol. The van der Waals surface area contributed by atoms with Crippen molar-refractivity contribution >= 4 is 5.95 Å². The zero-order valence-electron chi connectivity index (χ0n) is 15.9. The van der Waals surface area contributed by atoms with Gasteiger partial charge in [0.15, 0.2) is 0 Å². The number of hydrogen-bond acceptors (Lipinski definition) is 5. The molecule has 0 amide bonds. The number of ether oxygens (including phenoxy) is 1. The molecule has 1 aliphatic heterocycles. The highest BCUT2D eigenvalue weighted by atomic mass is 16.5. The van der Waals surface area contributed by atoms with E-state index >= 15 is 0 Å². The van der Waals surface area contributed by atoms with Gasteiger partial charge in [-0.05, 0) is 11.5 Å². The molecule has 2 heterocycles. The van der Waals surface area contributed by atoms with Gasteiger partial charge in [0.1, 0.15) is 0 Å². The number of benzene rings is 1. The first-order chi connectivity index (χ1) is 12.8. The largest absolute Gasteiger partial charge is 0.378 e. The van der Waals surface area contributed by atoms with Crippen LogP contribution in [-0.4, -0.2) is 36.3 Å². The highest BCUT2D eigenvalue weighted by Gasteiger charge is 2.20. The molecular formula is C21H30N4O. The maximum Gasteiger partial charge on any atom is 0.225 e. The molecule has 0 unspecified atom stereocenters. The fourth-order valence-electron chi connectivity index (χ4n) is 3.57. The fourth-order valence-corrected chi connectivity index (χ4v) is 3.57. The highest BCUT2D eigenvalue weighted by molar-refractivity contribution is 5.30. The Bertz CT molecular complexity index is 637. The van der Waals surface area contributed by atoms with E-state index in [2.05, 4.69) is 64.4 Å². The predicted molar refractivity (Wildman–Crippen MR) is 105 cm³/mol. The summed E-state index contributed by atoms with van der Waals surface area (Å²) in [6.45, 7) is 8.55. The van der Waals surface area contributed by atoms with E-state index in [-0.39, 0.29) is 0 Å². The van der Waals surface area contributed by atoms with E-state index in [0.29, 0.717) is 12.0 Å². The molecule has 140 valence electrons. The number of morpholine rings is 1.